The van der Waals surface area contributed by atoms with Gasteiger partial charge < -0.3 is 15.7 Å². The van der Waals surface area contributed by atoms with Crippen LogP contribution < -0.4 is 5.73 Å². The Morgan fingerprint density at radius 2 is 1.94 bits per heavy atom. The van der Waals surface area contributed by atoms with Crippen LogP contribution in [0.1, 0.15) is 32.1 Å². The van der Waals surface area contributed by atoms with Crippen LogP contribution in [0.25, 0.3) is 0 Å². The lowest BCUT2D eigenvalue weighted by Crippen LogP contribution is -2.42. The molecule has 1 aliphatic heterocycles. The van der Waals surface area contributed by atoms with Gasteiger partial charge in [-0.15, -0.1) is 0 Å². The Hall–Kier alpha value is -0.350. The normalized spacial score (nSPS) is 25.3. The third kappa shape index (κ3) is 3.82. The molecule has 2 aliphatic rings. The quantitative estimate of drug-likeness (QED) is 0.770. The van der Waals surface area contributed by atoms with Gasteiger partial charge in [0.2, 0.25) is 0 Å². The van der Waals surface area contributed by atoms with Gasteiger partial charge in [0.05, 0.1) is 0 Å². The first-order valence-corrected chi connectivity index (χ1v) is 7.26. The largest absolute Gasteiger partial charge is 0.378 e. The van der Waals surface area contributed by atoms with Crippen molar-refractivity contribution in [2.45, 2.75) is 38.3 Å². The lowest BCUT2D eigenvalue weighted by atomic mass is 9.89. The summed E-state index contributed by atoms with van der Waals surface area (Å²) >= 11 is 5.97. The monoisotopic (exact) mass is 270 g/mol. The number of aliphatic hydroxyl groups is 1. The van der Waals surface area contributed by atoms with E-state index in [9.17, 15) is 5.11 Å². The molecule has 0 radical (unpaired) electrons. The number of hydrogen-bond acceptors (Lipinski definition) is 3. The molecule has 1 heterocycles. The second-order valence-corrected chi connectivity index (χ2v) is 5.80. The van der Waals surface area contributed by atoms with Crippen LogP contribution in [0.2, 0.25) is 0 Å². The lowest BCUT2D eigenvalue weighted by Gasteiger charge is -2.33. The van der Waals surface area contributed by atoms with Crippen LogP contribution in [-0.2, 0) is 0 Å². The van der Waals surface area contributed by atoms with Gasteiger partial charge in [0.15, 0.2) is 0 Å². The molecule has 3 N–H and O–H groups in total. The van der Waals surface area contributed by atoms with Gasteiger partial charge in [-0.2, -0.15) is 0 Å². The van der Waals surface area contributed by atoms with Crippen molar-refractivity contribution in [2.24, 2.45) is 11.7 Å². The second kappa shape index (κ2) is 6.71. The smallest absolute Gasteiger partial charge is 0.110 e. The molecule has 102 valence electrons. The molecule has 0 saturated carbocycles. The van der Waals surface area contributed by atoms with Crippen molar-refractivity contribution in [3.8, 4) is 0 Å². The van der Waals surface area contributed by atoms with E-state index in [1.807, 2.05) is 12.2 Å². The van der Waals surface area contributed by atoms with E-state index in [1.165, 1.54) is 24.8 Å². The summed E-state index contributed by atoms with van der Waals surface area (Å²) < 4.78 is 0. The number of rotatable bonds is 4. The maximum atomic E-state index is 9.82. The maximum absolute atomic E-state index is 9.82. The van der Waals surface area contributed by atoms with Crippen molar-refractivity contribution in [1.82, 2.24) is 4.90 Å². The summed E-state index contributed by atoms with van der Waals surface area (Å²) in [6.45, 7) is 3.13. The van der Waals surface area contributed by atoms with Gasteiger partial charge in [0, 0.05) is 17.5 Å². The van der Waals surface area contributed by atoms with Crippen LogP contribution in [0.4, 0.5) is 0 Å². The molecule has 1 fully saturated rings. The molecule has 18 heavy (non-hydrogen) atoms. The van der Waals surface area contributed by atoms with Crippen molar-refractivity contribution in [3.05, 3.63) is 22.8 Å². The predicted octanol–water partition coefficient (Wildman–Crippen LogP) is 2.21. The van der Waals surface area contributed by atoms with Gasteiger partial charge in [0.1, 0.15) is 6.23 Å². The standard InChI is InChI=1S/C14H23ClN2O/c15-12-6-4-11(5-7-12)13(14(16)18)10-17-8-2-1-3-9-17/h4,6,13-14,18H,1-3,5,7-10,16H2. The highest BCUT2D eigenvalue weighted by Crippen LogP contribution is 2.28. The zero-order valence-corrected chi connectivity index (χ0v) is 11.6. The summed E-state index contributed by atoms with van der Waals surface area (Å²) in [6.07, 6.45) is 8.84. The fraction of sp³-hybridized carbons (Fsp3) is 0.714. The molecule has 0 aromatic heterocycles. The number of allylic oxidation sites excluding steroid dienone is 3. The van der Waals surface area contributed by atoms with Crippen LogP contribution in [0.3, 0.4) is 0 Å². The molecule has 3 nitrogen and oxygen atoms in total. The molecule has 0 bridgehead atoms. The van der Waals surface area contributed by atoms with E-state index in [0.29, 0.717) is 0 Å². The predicted molar refractivity (Wildman–Crippen MR) is 75.2 cm³/mol. The molecule has 1 aliphatic carbocycles. The zero-order chi connectivity index (χ0) is 13.0. The fourth-order valence-corrected chi connectivity index (χ4v) is 2.96. The molecule has 2 unspecified atom stereocenters. The number of hydrogen-bond donors (Lipinski definition) is 2. The maximum Gasteiger partial charge on any atom is 0.110 e. The fourth-order valence-electron chi connectivity index (χ4n) is 2.80. The average Bonchev–Trinajstić information content (AvgIpc) is 2.38. The van der Waals surface area contributed by atoms with Gasteiger partial charge in [0.25, 0.3) is 0 Å². The second-order valence-electron chi connectivity index (χ2n) is 5.31. The zero-order valence-electron chi connectivity index (χ0n) is 10.8. The lowest BCUT2D eigenvalue weighted by molar-refractivity contribution is 0.0932. The summed E-state index contributed by atoms with van der Waals surface area (Å²) in [5, 5.41) is 10.7. The van der Waals surface area contributed by atoms with E-state index >= 15 is 0 Å². The molecular formula is C14H23ClN2O. The molecule has 2 rings (SSSR count). The van der Waals surface area contributed by atoms with Gasteiger partial charge in [-0.05, 0) is 44.8 Å². The van der Waals surface area contributed by atoms with E-state index in [4.69, 9.17) is 17.3 Å². The van der Waals surface area contributed by atoms with Crippen LogP contribution in [0.15, 0.2) is 22.8 Å². The summed E-state index contributed by atoms with van der Waals surface area (Å²) in [6, 6.07) is 0. The third-order valence-corrected chi connectivity index (χ3v) is 4.24. The van der Waals surface area contributed by atoms with Crippen LogP contribution >= 0.6 is 11.6 Å². The van der Waals surface area contributed by atoms with Crippen molar-refractivity contribution >= 4 is 11.6 Å². The Morgan fingerprint density at radius 1 is 1.22 bits per heavy atom. The molecule has 4 heteroatoms. The Kier molecular flexibility index (Phi) is 5.25. The van der Waals surface area contributed by atoms with Crippen LogP contribution in [-0.4, -0.2) is 35.9 Å². The summed E-state index contributed by atoms with van der Waals surface area (Å²) in [5.74, 6) is 0.0455. The minimum Gasteiger partial charge on any atom is -0.378 e. The molecule has 0 spiro atoms. The van der Waals surface area contributed by atoms with Gasteiger partial charge >= 0.3 is 0 Å². The Bertz CT molecular complexity index is 333. The van der Waals surface area contributed by atoms with Crippen molar-refractivity contribution < 1.29 is 5.11 Å². The van der Waals surface area contributed by atoms with Crippen LogP contribution in [0.5, 0.6) is 0 Å². The van der Waals surface area contributed by atoms with Gasteiger partial charge in [-0.1, -0.05) is 29.7 Å². The minimum absolute atomic E-state index is 0.0455. The first-order chi connectivity index (χ1) is 8.66. The first-order valence-electron chi connectivity index (χ1n) is 6.88. The number of likely N-dealkylation sites (tertiary alicyclic amines) is 1. The van der Waals surface area contributed by atoms with E-state index in [-0.39, 0.29) is 5.92 Å². The van der Waals surface area contributed by atoms with Crippen molar-refractivity contribution in [1.29, 1.82) is 0 Å². The van der Waals surface area contributed by atoms with Gasteiger partial charge in [-0.3, -0.25) is 0 Å². The molecule has 0 amide bonds. The minimum atomic E-state index is -0.775. The van der Waals surface area contributed by atoms with E-state index in [0.717, 1.165) is 37.5 Å². The average molecular weight is 271 g/mol. The Balaban J connectivity index is 1.99. The number of halogens is 1. The van der Waals surface area contributed by atoms with E-state index in [1.54, 1.807) is 0 Å². The van der Waals surface area contributed by atoms with E-state index in [2.05, 4.69) is 4.90 Å². The first kappa shape index (κ1) is 14.1. The van der Waals surface area contributed by atoms with Gasteiger partial charge in [-0.25, -0.2) is 0 Å². The molecular weight excluding hydrogens is 248 g/mol. The highest BCUT2D eigenvalue weighted by molar-refractivity contribution is 6.29. The van der Waals surface area contributed by atoms with E-state index < -0.39 is 6.23 Å². The molecule has 2 atom stereocenters. The number of aliphatic hydroxyl groups excluding tert-OH is 1. The Morgan fingerprint density at radius 3 is 2.50 bits per heavy atom. The van der Waals surface area contributed by atoms with Crippen molar-refractivity contribution in [3.63, 3.8) is 0 Å². The number of nitrogens with zero attached hydrogens (tertiary/aromatic N) is 1. The highest BCUT2D eigenvalue weighted by atomic mass is 35.5. The molecule has 0 aromatic rings. The van der Waals surface area contributed by atoms with Crippen molar-refractivity contribution in [2.75, 3.05) is 19.6 Å². The Labute approximate surface area is 114 Å². The number of piperidine rings is 1. The third-order valence-electron chi connectivity index (χ3n) is 3.92. The SMILES string of the molecule is NC(O)C(CN1CCCCC1)C1=CC=C(Cl)CC1. The number of nitrogens with two attached hydrogens (primary N) is 1. The summed E-state index contributed by atoms with van der Waals surface area (Å²) in [4.78, 5) is 2.42. The summed E-state index contributed by atoms with van der Waals surface area (Å²) in [5.41, 5.74) is 6.99. The summed E-state index contributed by atoms with van der Waals surface area (Å²) in [7, 11) is 0. The van der Waals surface area contributed by atoms with Crippen LogP contribution in [0, 0.1) is 5.92 Å². The molecule has 0 aromatic carbocycles. The molecule has 1 saturated heterocycles. The highest BCUT2D eigenvalue weighted by Gasteiger charge is 2.24. The topological polar surface area (TPSA) is 49.5 Å².